The summed E-state index contributed by atoms with van der Waals surface area (Å²) < 4.78 is 1.96. The number of nitrogens with zero attached hydrogens (tertiary/aromatic N) is 4. The molecule has 6 nitrogen and oxygen atoms in total. The molecule has 1 saturated heterocycles. The van der Waals surface area contributed by atoms with Crippen molar-refractivity contribution in [2.75, 3.05) is 33.7 Å². The minimum Gasteiger partial charge on any atom is -0.356 e. The summed E-state index contributed by atoms with van der Waals surface area (Å²) >= 11 is 0. The fraction of sp³-hybridized carbons (Fsp3) is 0.765. The third-order valence-corrected chi connectivity index (χ3v) is 4.82. The van der Waals surface area contributed by atoms with Crippen LogP contribution in [0.3, 0.4) is 0 Å². The van der Waals surface area contributed by atoms with Crippen LogP contribution in [0.4, 0.5) is 0 Å². The SMILES string of the molecule is CN=C(NCC1CCN(C)C1)NC(C)Cc1c(C)nn(C)c1C. The van der Waals surface area contributed by atoms with E-state index >= 15 is 0 Å². The van der Waals surface area contributed by atoms with Crippen LogP contribution in [0.5, 0.6) is 0 Å². The fourth-order valence-electron chi connectivity index (χ4n) is 3.33. The van der Waals surface area contributed by atoms with Gasteiger partial charge in [0.1, 0.15) is 0 Å². The van der Waals surface area contributed by atoms with E-state index < -0.39 is 0 Å². The minimum absolute atomic E-state index is 0.314. The molecule has 23 heavy (non-hydrogen) atoms. The molecule has 0 aromatic carbocycles. The number of rotatable bonds is 5. The molecule has 1 aliphatic rings. The van der Waals surface area contributed by atoms with Gasteiger partial charge in [-0.05, 0) is 58.7 Å². The van der Waals surface area contributed by atoms with E-state index in [1.54, 1.807) is 0 Å². The molecule has 1 fully saturated rings. The van der Waals surface area contributed by atoms with Crippen LogP contribution in [0, 0.1) is 19.8 Å². The van der Waals surface area contributed by atoms with Crippen LogP contribution in [0.2, 0.25) is 0 Å². The summed E-state index contributed by atoms with van der Waals surface area (Å²) in [5, 5.41) is 11.5. The first-order valence-electron chi connectivity index (χ1n) is 8.55. The molecule has 0 radical (unpaired) electrons. The third-order valence-electron chi connectivity index (χ3n) is 4.82. The molecule has 2 N–H and O–H groups in total. The van der Waals surface area contributed by atoms with Crippen molar-refractivity contribution >= 4 is 5.96 Å². The molecule has 2 atom stereocenters. The highest BCUT2D eigenvalue weighted by molar-refractivity contribution is 5.79. The van der Waals surface area contributed by atoms with Crippen LogP contribution in [-0.2, 0) is 13.5 Å². The molecule has 2 rings (SSSR count). The Bertz CT molecular complexity index is 548. The first-order chi connectivity index (χ1) is 10.9. The molecule has 0 spiro atoms. The number of aliphatic imine (C=N–C) groups is 1. The van der Waals surface area contributed by atoms with Gasteiger partial charge < -0.3 is 15.5 Å². The van der Waals surface area contributed by atoms with Crippen molar-refractivity contribution < 1.29 is 0 Å². The van der Waals surface area contributed by atoms with Crippen molar-refractivity contribution in [3.63, 3.8) is 0 Å². The van der Waals surface area contributed by atoms with E-state index in [0.717, 1.165) is 30.5 Å². The second-order valence-electron chi connectivity index (χ2n) is 6.89. The van der Waals surface area contributed by atoms with Crippen LogP contribution >= 0.6 is 0 Å². The fourth-order valence-corrected chi connectivity index (χ4v) is 3.33. The number of aromatic nitrogens is 2. The molecule has 0 bridgehead atoms. The van der Waals surface area contributed by atoms with E-state index in [2.05, 4.69) is 53.4 Å². The Morgan fingerprint density at radius 3 is 2.65 bits per heavy atom. The van der Waals surface area contributed by atoms with Crippen LogP contribution in [0.15, 0.2) is 4.99 Å². The number of aryl methyl sites for hydroxylation is 2. The largest absolute Gasteiger partial charge is 0.356 e. The average Bonchev–Trinajstić information content (AvgIpc) is 3.02. The quantitative estimate of drug-likeness (QED) is 0.630. The van der Waals surface area contributed by atoms with Crippen LogP contribution in [-0.4, -0.2) is 60.4 Å². The van der Waals surface area contributed by atoms with Gasteiger partial charge in [-0.2, -0.15) is 5.10 Å². The van der Waals surface area contributed by atoms with Crippen LogP contribution in [0.25, 0.3) is 0 Å². The maximum Gasteiger partial charge on any atom is 0.191 e. The van der Waals surface area contributed by atoms with Crippen molar-refractivity contribution in [1.82, 2.24) is 25.3 Å². The second-order valence-corrected chi connectivity index (χ2v) is 6.89. The molecular formula is C17H32N6. The molecule has 6 heteroatoms. The molecule has 0 saturated carbocycles. The van der Waals surface area contributed by atoms with Gasteiger partial charge in [-0.1, -0.05) is 0 Å². The lowest BCUT2D eigenvalue weighted by Gasteiger charge is -2.20. The number of hydrogen-bond acceptors (Lipinski definition) is 3. The molecule has 2 heterocycles. The van der Waals surface area contributed by atoms with E-state index in [1.807, 2.05) is 18.8 Å². The molecule has 1 aromatic rings. The van der Waals surface area contributed by atoms with Crippen LogP contribution in [0.1, 0.15) is 30.3 Å². The summed E-state index contributed by atoms with van der Waals surface area (Å²) in [6.07, 6.45) is 2.22. The summed E-state index contributed by atoms with van der Waals surface area (Å²) in [6.45, 7) is 9.77. The van der Waals surface area contributed by atoms with Gasteiger partial charge in [-0.3, -0.25) is 9.67 Å². The first kappa shape index (κ1) is 17.8. The van der Waals surface area contributed by atoms with E-state index in [-0.39, 0.29) is 0 Å². The Kier molecular flexibility index (Phi) is 6.04. The highest BCUT2D eigenvalue weighted by Crippen LogP contribution is 2.14. The molecule has 0 amide bonds. The zero-order chi connectivity index (χ0) is 17.0. The summed E-state index contributed by atoms with van der Waals surface area (Å²) in [5.41, 5.74) is 3.70. The van der Waals surface area contributed by atoms with Crippen molar-refractivity contribution in [1.29, 1.82) is 0 Å². The number of hydrogen-bond donors (Lipinski definition) is 2. The highest BCUT2D eigenvalue weighted by Gasteiger charge is 2.20. The lowest BCUT2D eigenvalue weighted by Crippen LogP contribution is -2.44. The summed E-state index contributed by atoms with van der Waals surface area (Å²) in [6, 6.07) is 0.314. The molecule has 1 aliphatic heterocycles. The summed E-state index contributed by atoms with van der Waals surface area (Å²) in [4.78, 5) is 6.75. The smallest absolute Gasteiger partial charge is 0.191 e. The predicted molar refractivity (Wildman–Crippen MR) is 95.9 cm³/mol. The van der Waals surface area contributed by atoms with Gasteiger partial charge in [0.15, 0.2) is 5.96 Å². The van der Waals surface area contributed by atoms with Crippen molar-refractivity contribution in [2.24, 2.45) is 18.0 Å². The average molecular weight is 320 g/mol. The zero-order valence-corrected chi connectivity index (χ0v) is 15.5. The van der Waals surface area contributed by atoms with Gasteiger partial charge in [0.05, 0.1) is 5.69 Å². The molecular weight excluding hydrogens is 288 g/mol. The summed E-state index contributed by atoms with van der Waals surface area (Å²) in [7, 11) is 6.03. The Hall–Kier alpha value is -1.56. The monoisotopic (exact) mass is 320 g/mol. The number of nitrogens with one attached hydrogen (secondary N) is 2. The zero-order valence-electron chi connectivity index (χ0n) is 15.5. The molecule has 130 valence electrons. The van der Waals surface area contributed by atoms with E-state index in [9.17, 15) is 0 Å². The third kappa shape index (κ3) is 4.70. The highest BCUT2D eigenvalue weighted by atomic mass is 15.3. The van der Waals surface area contributed by atoms with E-state index in [0.29, 0.717) is 6.04 Å². The van der Waals surface area contributed by atoms with Gasteiger partial charge in [0.2, 0.25) is 0 Å². The Morgan fingerprint density at radius 1 is 1.39 bits per heavy atom. The Balaban J connectivity index is 1.83. The second kappa shape index (κ2) is 7.81. The molecule has 0 aliphatic carbocycles. The summed E-state index contributed by atoms with van der Waals surface area (Å²) in [5.74, 6) is 1.61. The van der Waals surface area contributed by atoms with E-state index in [1.165, 1.54) is 30.8 Å². The Labute approximate surface area is 140 Å². The van der Waals surface area contributed by atoms with Gasteiger partial charge >= 0.3 is 0 Å². The molecule has 2 unspecified atom stereocenters. The normalized spacial score (nSPS) is 20.8. The van der Waals surface area contributed by atoms with Crippen molar-refractivity contribution in [3.05, 3.63) is 17.0 Å². The maximum atomic E-state index is 4.50. The lowest BCUT2D eigenvalue weighted by molar-refractivity contribution is 0.393. The Morgan fingerprint density at radius 2 is 2.13 bits per heavy atom. The standard InChI is InChI=1S/C17H32N6/c1-12(9-16-13(2)21-23(6)14(16)3)20-17(18-4)19-10-15-7-8-22(5)11-15/h12,15H,7-11H2,1-6H3,(H2,18,19,20). The lowest BCUT2D eigenvalue weighted by atomic mass is 10.1. The number of likely N-dealkylation sites (tertiary alicyclic amines) is 1. The number of guanidine groups is 1. The van der Waals surface area contributed by atoms with Crippen molar-refractivity contribution in [2.45, 2.75) is 39.7 Å². The minimum atomic E-state index is 0.314. The van der Waals surface area contributed by atoms with Gasteiger partial charge in [0, 0.05) is 38.9 Å². The van der Waals surface area contributed by atoms with Crippen LogP contribution < -0.4 is 10.6 Å². The predicted octanol–water partition coefficient (Wildman–Crippen LogP) is 1.08. The van der Waals surface area contributed by atoms with Crippen molar-refractivity contribution in [3.8, 4) is 0 Å². The topological polar surface area (TPSA) is 57.5 Å². The van der Waals surface area contributed by atoms with Gasteiger partial charge in [-0.25, -0.2) is 0 Å². The van der Waals surface area contributed by atoms with Gasteiger partial charge in [0.25, 0.3) is 0 Å². The molecule has 1 aromatic heterocycles. The van der Waals surface area contributed by atoms with E-state index in [4.69, 9.17) is 0 Å². The van der Waals surface area contributed by atoms with Gasteiger partial charge in [-0.15, -0.1) is 0 Å². The maximum absolute atomic E-state index is 4.50. The first-order valence-corrected chi connectivity index (χ1v) is 8.55.